The number of thiazole rings is 1. The van der Waals surface area contributed by atoms with Crippen LogP contribution in [0.15, 0.2) is 58.4 Å². The smallest absolute Gasteiger partial charge is 0.319 e. The van der Waals surface area contributed by atoms with Gasteiger partial charge < -0.3 is 5.32 Å². The van der Waals surface area contributed by atoms with E-state index >= 15 is 0 Å². The fourth-order valence-corrected chi connectivity index (χ4v) is 4.65. The summed E-state index contributed by atoms with van der Waals surface area (Å²) in [6, 6.07) is 13.0. The number of amides is 3. The SMILES string of the molecule is CCC1(c2ccc(F)cc2)NC(=O)N(Cc2csc(-c3cccc(Br)c3)n2)C1=O. The Labute approximate surface area is 179 Å². The molecule has 0 aliphatic carbocycles. The van der Waals surface area contributed by atoms with Crippen molar-refractivity contribution in [2.45, 2.75) is 25.4 Å². The van der Waals surface area contributed by atoms with Gasteiger partial charge in [0.05, 0.1) is 12.2 Å². The number of nitrogens with one attached hydrogen (secondary N) is 1. The van der Waals surface area contributed by atoms with Crippen molar-refractivity contribution in [3.8, 4) is 10.6 Å². The Morgan fingerprint density at radius 3 is 2.66 bits per heavy atom. The molecule has 1 aliphatic heterocycles. The first-order valence-corrected chi connectivity index (χ1v) is 10.7. The van der Waals surface area contributed by atoms with Crippen LogP contribution in [0.2, 0.25) is 0 Å². The van der Waals surface area contributed by atoms with Crippen molar-refractivity contribution in [1.29, 1.82) is 0 Å². The first-order chi connectivity index (χ1) is 13.9. The van der Waals surface area contributed by atoms with Crippen molar-refractivity contribution in [1.82, 2.24) is 15.2 Å². The van der Waals surface area contributed by atoms with Crippen LogP contribution in [0.3, 0.4) is 0 Å². The third kappa shape index (κ3) is 3.58. The van der Waals surface area contributed by atoms with Gasteiger partial charge in [-0.25, -0.2) is 14.2 Å². The number of hydrogen-bond donors (Lipinski definition) is 1. The number of carbonyl (C=O) groups is 2. The fraction of sp³-hybridized carbons (Fsp3) is 0.190. The van der Waals surface area contributed by atoms with Gasteiger partial charge in [0, 0.05) is 15.4 Å². The second-order valence-electron chi connectivity index (χ2n) is 6.74. The van der Waals surface area contributed by atoms with Crippen LogP contribution in [0, 0.1) is 5.82 Å². The Morgan fingerprint density at radius 2 is 1.97 bits per heavy atom. The second-order valence-corrected chi connectivity index (χ2v) is 8.52. The molecule has 1 saturated heterocycles. The molecule has 148 valence electrons. The highest BCUT2D eigenvalue weighted by atomic mass is 79.9. The van der Waals surface area contributed by atoms with E-state index in [9.17, 15) is 14.0 Å². The highest BCUT2D eigenvalue weighted by Gasteiger charge is 2.51. The van der Waals surface area contributed by atoms with Crippen molar-refractivity contribution in [2.24, 2.45) is 0 Å². The largest absolute Gasteiger partial charge is 0.325 e. The number of benzene rings is 2. The van der Waals surface area contributed by atoms with Gasteiger partial charge in [0.15, 0.2) is 0 Å². The van der Waals surface area contributed by atoms with Crippen LogP contribution < -0.4 is 5.32 Å². The van der Waals surface area contributed by atoms with E-state index in [2.05, 4.69) is 26.2 Å². The lowest BCUT2D eigenvalue weighted by atomic mass is 9.87. The number of rotatable bonds is 5. The molecule has 4 rings (SSSR count). The Kier molecular flexibility index (Phi) is 5.23. The van der Waals surface area contributed by atoms with Crippen LogP contribution in [-0.4, -0.2) is 21.8 Å². The van der Waals surface area contributed by atoms with E-state index < -0.39 is 17.4 Å². The molecule has 0 saturated carbocycles. The van der Waals surface area contributed by atoms with Gasteiger partial charge in [0.2, 0.25) is 0 Å². The van der Waals surface area contributed by atoms with Gasteiger partial charge in [0.1, 0.15) is 16.4 Å². The van der Waals surface area contributed by atoms with Crippen molar-refractivity contribution in [3.05, 3.63) is 75.5 Å². The molecular weight excluding hydrogens is 457 g/mol. The zero-order valence-corrected chi connectivity index (χ0v) is 17.9. The van der Waals surface area contributed by atoms with Crippen LogP contribution in [0.5, 0.6) is 0 Å². The summed E-state index contributed by atoms with van der Waals surface area (Å²) in [7, 11) is 0. The molecule has 29 heavy (non-hydrogen) atoms. The number of urea groups is 1. The van der Waals surface area contributed by atoms with Crippen LogP contribution in [0.25, 0.3) is 10.6 Å². The summed E-state index contributed by atoms with van der Waals surface area (Å²) in [5, 5.41) is 5.46. The first-order valence-electron chi connectivity index (χ1n) is 9.03. The lowest BCUT2D eigenvalue weighted by Crippen LogP contribution is -2.43. The molecule has 0 bridgehead atoms. The van der Waals surface area contributed by atoms with E-state index in [1.165, 1.54) is 40.5 Å². The molecule has 1 fully saturated rings. The molecule has 1 unspecified atom stereocenters. The molecule has 1 atom stereocenters. The number of carbonyl (C=O) groups excluding carboxylic acids is 2. The molecule has 3 aromatic rings. The van der Waals surface area contributed by atoms with Gasteiger partial charge in [0.25, 0.3) is 5.91 Å². The van der Waals surface area contributed by atoms with E-state index in [0.29, 0.717) is 17.7 Å². The van der Waals surface area contributed by atoms with Gasteiger partial charge in [-0.05, 0) is 36.2 Å². The summed E-state index contributed by atoms with van der Waals surface area (Å²) < 4.78 is 14.3. The number of aromatic nitrogens is 1. The Balaban J connectivity index is 1.59. The summed E-state index contributed by atoms with van der Waals surface area (Å²) in [5.41, 5.74) is 0.977. The normalized spacial score (nSPS) is 18.9. The van der Waals surface area contributed by atoms with E-state index in [4.69, 9.17) is 0 Å². The minimum atomic E-state index is -1.19. The monoisotopic (exact) mass is 473 g/mol. The lowest BCUT2D eigenvalue weighted by Gasteiger charge is -2.25. The molecule has 1 N–H and O–H groups in total. The average molecular weight is 474 g/mol. The van der Waals surface area contributed by atoms with E-state index in [1.54, 1.807) is 0 Å². The van der Waals surface area contributed by atoms with E-state index in [1.807, 2.05) is 36.6 Å². The summed E-state index contributed by atoms with van der Waals surface area (Å²) >= 11 is 4.91. The highest BCUT2D eigenvalue weighted by Crippen LogP contribution is 2.34. The number of halogens is 2. The third-order valence-corrected chi connectivity index (χ3v) is 6.42. The molecule has 8 heteroatoms. The third-order valence-electron chi connectivity index (χ3n) is 4.99. The lowest BCUT2D eigenvalue weighted by molar-refractivity contribution is -0.132. The van der Waals surface area contributed by atoms with Gasteiger partial charge in [-0.3, -0.25) is 9.69 Å². The van der Waals surface area contributed by atoms with Crippen LogP contribution in [0.1, 0.15) is 24.6 Å². The minimum Gasteiger partial charge on any atom is -0.319 e. The predicted octanol–water partition coefficient (Wildman–Crippen LogP) is 5.07. The standard InChI is InChI=1S/C21H17BrFN3O2S/c1-2-21(14-6-8-16(23)9-7-14)19(27)26(20(28)25-21)11-17-12-29-18(24-17)13-4-3-5-15(22)10-13/h3-10,12H,2,11H2,1H3,(H,25,28). The molecule has 1 aromatic heterocycles. The molecule has 0 spiro atoms. The van der Waals surface area contributed by atoms with Gasteiger partial charge in [-0.2, -0.15) is 0 Å². The minimum absolute atomic E-state index is 0.0815. The van der Waals surface area contributed by atoms with Crippen LogP contribution in [-0.2, 0) is 16.9 Å². The molecular formula is C21H17BrFN3O2S. The molecule has 5 nitrogen and oxygen atoms in total. The van der Waals surface area contributed by atoms with Crippen LogP contribution >= 0.6 is 27.3 Å². The predicted molar refractivity (Wildman–Crippen MR) is 113 cm³/mol. The summed E-state index contributed by atoms with van der Waals surface area (Å²) in [5.74, 6) is -0.746. The average Bonchev–Trinajstić information content (AvgIpc) is 3.28. The van der Waals surface area contributed by atoms with Crippen molar-refractivity contribution in [2.75, 3.05) is 0 Å². The maximum absolute atomic E-state index is 13.3. The van der Waals surface area contributed by atoms with Crippen molar-refractivity contribution in [3.63, 3.8) is 0 Å². The first kappa shape index (κ1) is 19.7. The Hall–Kier alpha value is -2.58. The van der Waals surface area contributed by atoms with Crippen molar-refractivity contribution < 1.29 is 14.0 Å². The zero-order chi connectivity index (χ0) is 20.6. The zero-order valence-electron chi connectivity index (χ0n) is 15.5. The summed E-state index contributed by atoms with van der Waals surface area (Å²) in [6.45, 7) is 1.90. The molecule has 2 aromatic carbocycles. The van der Waals surface area contributed by atoms with Gasteiger partial charge in [-0.15, -0.1) is 11.3 Å². The van der Waals surface area contributed by atoms with Crippen molar-refractivity contribution >= 4 is 39.2 Å². The Bertz CT molecular complexity index is 1090. The fourth-order valence-electron chi connectivity index (χ4n) is 3.44. The van der Waals surface area contributed by atoms with Gasteiger partial charge >= 0.3 is 6.03 Å². The number of imide groups is 1. The topological polar surface area (TPSA) is 62.3 Å². The highest BCUT2D eigenvalue weighted by molar-refractivity contribution is 9.10. The van der Waals surface area contributed by atoms with E-state index in [0.717, 1.165) is 15.0 Å². The summed E-state index contributed by atoms with van der Waals surface area (Å²) in [6.07, 6.45) is 0.361. The van der Waals surface area contributed by atoms with Gasteiger partial charge in [-0.1, -0.05) is 47.1 Å². The maximum atomic E-state index is 13.3. The maximum Gasteiger partial charge on any atom is 0.325 e. The van der Waals surface area contributed by atoms with E-state index in [-0.39, 0.29) is 12.5 Å². The number of hydrogen-bond acceptors (Lipinski definition) is 4. The Morgan fingerprint density at radius 1 is 1.21 bits per heavy atom. The second kappa shape index (κ2) is 7.68. The quantitative estimate of drug-likeness (QED) is 0.526. The van der Waals surface area contributed by atoms with Crippen LogP contribution in [0.4, 0.5) is 9.18 Å². The molecule has 0 radical (unpaired) electrons. The number of nitrogens with zero attached hydrogens (tertiary/aromatic N) is 2. The summed E-state index contributed by atoms with van der Waals surface area (Å²) in [4.78, 5) is 31.6. The molecule has 2 heterocycles. The molecule has 1 aliphatic rings. The molecule has 3 amide bonds.